The highest BCUT2D eigenvalue weighted by Crippen LogP contribution is 2.39. The van der Waals surface area contributed by atoms with Gasteiger partial charge in [0.1, 0.15) is 5.82 Å². The Balaban J connectivity index is 2.08. The van der Waals surface area contributed by atoms with Gasteiger partial charge in [-0.1, -0.05) is 0 Å². The monoisotopic (exact) mass is 401 g/mol. The molecule has 0 unspecified atom stereocenters. The van der Waals surface area contributed by atoms with E-state index in [-0.39, 0.29) is 5.82 Å². The Morgan fingerprint density at radius 2 is 1.68 bits per heavy atom. The molecule has 146 valence electrons. The third-order valence-corrected chi connectivity index (χ3v) is 4.97. The Labute approximate surface area is 166 Å². The van der Waals surface area contributed by atoms with E-state index in [1.54, 1.807) is 57.5 Å². The lowest BCUT2D eigenvalue weighted by Gasteiger charge is -2.13. The van der Waals surface area contributed by atoms with Gasteiger partial charge in [0.15, 0.2) is 11.5 Å². The van der Waals surface area contributed by atoms with E-state index in [1.165, 1.54) is 23.5 Å². The summed E-state index contributed by atoms with van der Waals surface area (Å²) >= 11 is 1.45. The highest BCUT2D eigenvalue weighted by atomic mass is 32.1. The Kier molecular flexibility index (Phi) is 6.10. The second kappa shape index (κ2) is 8.71. The summed E-state index contributed by atoms with van der Waals surface area (Å²) in [6, 6.07) is 9.87. The molecular weight excluding hydrogens is 381 g/mol. The third-order valence-electron chi connectivity index (χ3n) is 4.06. The highest BCUT2D eigenvalue weighted by Gasteiger charge is 2.15. The molecule has 0 amide bonds. The largest absolute Gasteiger partial charge is 0.493 e. The van der Waals surface area contributed by atoms with E-state index in [4.69, 9.17) is 14.2 Å². The van der Waals surface area contributed by atoms with Gasteiger partial charge in [0.25, 0.3) is 0 Å². The van der Waals surface area contributed by atoms with Crippen molar-refractivity contribution in [1.82, 2.24) is 4.68 Å². The minimum atomic E-state index is -0.288. The van der Waals surface area contributed by atoms with Gasteiger partial charge >= 0.3 is 0 Å². The Bertz CT molecular complexity index is 1060. The van der Waals surface area contributed by atoms with Crippen LogP contribution in [-0.2, 0) is 0 Å². The quantitative estimate of drug-likeness (QED) is 0.591. The minimum Gasteiger partial charge on any atom is -0.493 e. The molecule has 0 aliphatic heterocycles. The van der Waals surface area contributed by atoms with Crippen molar-refractivity contribution in [1.29, 1.82) is 0 Å². The molecule has 1 heterocycles. The number of halogens is 1. The van der Waals surface area contributed by atoms with Crippen molar-refractivity contribution in [2.45, 2.75) is 0 Å². The molecular formula is C20H20FN3O3S. The zero-order valence-corrected chi connectivity index (χ0v) is 16.8. The van der Waals surface area contributed by atoms with Crippen molar-refractivity contribution in [2.24, 2.45) is 10.1 Å². The second-order valence-corrected chi connectivity index (χ2v) is 6.45. The van der Waals surface area contributed by atoms with Gasteiger partial charge in [0, 0.05) is 23.6 Å². The van der Waals surface area contributed by atoms with Crippen molar-refractivity contribution in [2.75, 3.05) is 28.4 Å². The van der Waals surface area contributed by atoms with E-state index in [0.29, 0.717) is 27.6 Å². The molecule has 0 N–H and O–H groups in total. The van der Waals surface area contributed by atoms with E-state index >= 15 is 0 Å². The summed E-state index contributed by atoms with van der Waals surface area (Å²) in [5.74, 6) is 1.28. The molecule has 2 aromatic carbocycles. The molecule has 0 saturated heterocycles. The Morgan fingerprint density at radius 1 is 0.964 bits per heavy atom. The standard InChI is InChI=1S/C20H20FN3O3S/c1-22-20-24(16(12-28-20)13-5-8-15(21)9-6-13)23-11-14-7-10-17(25-2)19(27-4)18(14)26-3/h5-12H,1-4H3/b22-20?,23-11+. The molecule has 1 aromatic heterocycles. The number of methoxy groups -OCH3 is 3. The van der Waals surface area contributed by atoms with E-state index in [1.807, 2.05) is 11.4 Å². The van der Waals surface area contributed by atoms with Gasteiger partial charge in [-0.25, -0.2) is 9.07 Å². The molecule has 0 saturated carbocycles. The molecule has 8 heteroatoms. The minimum absolute atomic E-state index is 0.288. The molecule has 0 aliphatic rings. The van der Waals surface area contributed by atoms with E-state index in [0.717, 1.165) is 11.3 Å². The van der Waals surface area contributed by atoms with Crippen LogP contribution in [0.4, 0.5) is 4.39 Å². The van der Waals surface area contributed by atoms with Gasteiger partial charge in [-0.05, 0) is 36.4 Å². The van der Waals surface area contributed by atoms with Gasteiger partial charge < -0.3 is 14.2 Å². The lowest BCUT2D eigenvalue weighted by atomic mass is 10.2. The van der Waals surface area contributed by atoms with Crippen LogP contribution in [0, 0.1) is 5.82 Å². The smallest absolute Gasteiger partial charge is 0.205 e. The number of nitrogens with zero attached hydrogens (tertiary/aromatic N) is 3. The van der Waals surface area contributed by atoms with Crippen molar-refractivity contribution in [3.63, 3.8) is 0 Å². The fraction of sp³-hybridized carbons (Fsp3) is 0.200. The molecule has 0 radical (unpaired) electrons. The number of thiazole rings is 1. The van der Waals surface area contributed by atoms with Crippen LogP contribution in [0.5, 0.6) is 17.2 Å². The molecule has 0 fully saturated rings. The molecule has 0 aliphatic carbocycles. The van der Waals surface area contributed by atoms with Gasteiger partial charge in [0.05, 0.1) is 33.2 Å². The van der Waals surface area contributed by atoms with Crippen LogP contribution in [-0.4, -0.2) is 39.3 Å². The first kappa shape index (κ1) is 19.6. The SMILES string of the molecule is CN=c1scc(-c2ccc(F)cc2)n1/N=C/c1ccc(OC)c(OC)c1OC. The fourth-order valence-electron chi connectivity index (χ4n) is 2.73. The van der Waals surface area contributed by atoms with Crippen molar-refractivity contribution in [3.8, 4) is 28.5 Å². The van der Waals surface area contributed by atoms with Crippen molar-refractivity contribution < 1.29 is 18.6 Å². The van der Waals surface area contributed by atoms with Crippen LogP contribution < -0.4 is 19.0 Å². The molecule has 0 atom stereocenters. The van der Waals surface area contributed by atoms with E-state index < -0.39 is 0 Å². The van der Waals surface area contributed by atoms with Gasteiger partial charge in [0.2, 0.25) is 10.6 Å². The summed E-state index contributed by atoms with van der Waals surface area (Å²) in [6.07, 6.45) is 1.66. The zero-order valence-electron chi connectivity index (χ0n) is 16.0. The summed E-state index contributed by atoms with van der Waals surface area (Å²) in [7, 11) is 6.37. The average molecular weight is 401 g/mol. The predicted molar refractivity (Wildman–Crippen MR) is 108 cm³/mol. The fourth-order valence-corrected chi connectivity index (χ4v) is 3.53. The predicted octanol–water partition coefficient (Wildman–Crippen LogP) is 3.79. The van der Waals surface area contributed by atoms with Crippen LogP contribution in [0.25, 0.3) is 11.3 Å². The van der Waals surface area contributed by atoms with Crippen LogP contribution in [0.1, 0.15) is 5.56 Å². The van der Waals surface area contributed by atoms with Crippen molar-refractivity contribution in [3.05, 3.63) is 58.0 Å². The van der Waals surface area contributed by atoms with Crippen LogP contribution in [0.2, 0.25) is 0 Å². The maximum Gasteiger partial charge on any atom is 0.205 e. The molecule has 3 rings (SSSR count). The van der Waals surface area contributed by atoms with Crippen LogP contribution in [0.15, 0.2) is 51.9 Å². The Morgan fingerprint density at radius 3 is 2.29 bits per heavy atom. The van der Waals surface area contributed by atoms with Crippen LogP contribution in [0.3, 0.4) is 0 Å². The van der Waals surface area contributed by atoms with E-state index in [9.17, 15) is 4.39 Å². The summed E-state index contributed by atoms with van der Waals surface area (Å²) < 4.78 is 31.2. The first-order chi connectivity index (χ1) is 13.6. The average Bonchev–Trinajstić information content (AvgIpc) is 3.14. The van der Waals surface area contributed by atoms with Crippen molar-refractivity contribution >= 4 is 17.6 Å². The zero-order chi connectivity index (χ0) is 20.1. The third kappa shape index (κ3) is 3.77. The van der Waals surface area contributed by atoms with Gasteiger partial charge in [-0.2, -0.15) is 5.10 Å². The lowest BCUT2D eigenvalue weighted by Crippen LogP contribution is -2.11. The van der Waals surface area contributed by atoms with Gasteiger partial charge in [-0.3, -0.25) is 4.99 Å². The number of aromatic nitrogens is 1. The number of ether oxygens (including phenoxy) is 3. The number of rotatable bonds is 6. The summed E-state index contributed by atoms with van der Waals surface area (Å²) in [6.45, 7) is 0. The van der Waals surface area contributed by atoms with E-state index in [2.05, 4.69) is 10.1 Å². The van der Waals surface area contributed by atoms with Crippen LogP contribution >= 0.6 is 11.3 Å². The molecule has 0 spiro atoms. The second-order valence-electron chi connectivity index (χ2n) is 5.61. The first-order valence-electron chi connectivity index (χ1n) is 8.35. The lowest BCUT2D eigenvalue weighted by molar-refractivity contribution is 0.324. The maximum atomic E-state index is 13.3. The molecule has 0 bridgehead atoms. The Hall–Kier alpha value is -3.13. The molecule has 6 nitrogen and oxygen atoms in total. The number of hydrogen-bond donors (Lipinski definition) is 0. The normalized spacial score (nSPS) is 11.8. The summed E-state index contributed by atoms with van der Waals surface area (Å²) in [4.78, 5) is 4.97. The summed E-state index contributed by atoms with van der Waals surface area (Å²) in [5, 5.41) is 6.51. The number of benzene rings is 2. The van der Waals surface area contributed by atoms with Gasteiger partial charge in [-0.15, -0.1) is 11.3 Å². The summed E-state index contributed by atoms with van der Waals surface area (Å²) in [5.41, 5.74) is 2.36. The first-order valence-corrected chi connectivity index (χ1v) is 9.23. The highest BCUT2D eigenvalue weighted by molar-refractivity contribution is 7.07. The molecule has 3 aromatic rings. The number of hydrogen-bond acceptors (Lipinski definition) is 6. The maximum absolute atomic E-state index is 13.3. The topological polar surface area (TPSA) is 57.3 Å². The molecule has 28 heavy (non-hydrogen) atoms.